The lowest BCUT2D eigenvalue weighted by atomic mass is 9.93. The molecule has 0 bridgehead atoms. The van der Waals surface area contributed by atoms with E-state index in [0.717, 1.165) is 38.0 Å². The summed E-state index contributed by atoms with van der Waals surface area (Å²) in [6.07, 6.45) is 4.47. The fourth-order valence-electron chi connectivity index (χ4n) is 3.34. The topological polar surface area (TPSA) is 79.3 Å². The first-order chi connectivity index (χ1) is 13.0. The van der Waals surface area contributed by atoms with Gasteiger partial charge in [-0.3, -0.25) is 9.48 Å². The molecule has 0 radical (unpaired) electrons. The quantitative estimate of drug-likeness (QED) is 0.851. The molecular weight excluding hydrogens is 342 g/mol. The Labute approximate surface area is 159 Å². The van der Waals surface area contributed by atoms with Gasteiger partial charge in [0.2, 0.25) is 0 Å². The molecular formula is C20H27N5O2. The number of aromatic nitrogens is 2. The molecule has 144 valence electrons. The van der Waals surface area contributed by atoms with Gasteiger partial charge in [-0.15, -0.1) is 0 Å². The molecule has 7 heteroatoms. The third-order valence-electron chi connectivity index (χ3n) is 5.10. The highest BCUT2D eigenvalue weighted by molar-refractivity contribution is 5.92. The second kappa shape index (κ2) is 8.70. The minimum atomic E-state index is -0.0927. The number of aryl methyl sites for hydroxylation is 2. The third-order valence-corrected chi connectivity index (χ3v) is 5.10. The van der Waals surface area contributed by atoms with Crippen LogP contribution in [0.5, 0.6) is 0 Å². The van der Waals surface area contributed by atoms with E-state index >= 15 is 0 Å². The van der Waals surface area contributed by atoms with E-state index in [1.165, 1.54) is 5.56 Å². The first-order valence-electron chi connectivity index (χ1n) is 9.42. The smallest absolute Gasteiger partial charge is 0.321 e. The zero-order valence-electron chi connectivity index (χ0n) is 15.9. The van der Waals surface area contributed by atoms with E-state index in [-0.39, 0.29) is 11.9 Å². The Bertz CT molecular complexity index is 776. The third kappa shape index (κ3) is 5.09. The van der Waals surface area contributed by atoms with Crippen molar-refractivity contribution in [3.63, 3.8) is 0 Å². The van der Waals surface area contributed by atoms with Gasteiger partial charge in [0, 0.05) is 38.6 Å². The Hall–Kier alpha value is -2.83. The van der Waals surface area contributed by atoms with Gasteiger partial charge >= 0.3 is 6.03 Å². The molecule has 1 saturated heterocycles. The van der Waals surface area contributed by atoms with Gasteiger partial charge in [-0.1, -0.05) is 17.7 Å². The SMILES string of the molecule is Cc1ccc(NC(=O)N2CCC(CCNC(=O)c3ccnn3C)CC2)cc1. The first-order valence-corrected chi connectivity index (χ1v) is 9.42. The summed E-state index contributed by atoms with van der Waals surface area (Å²) in [6, 6.07) is 9.49. The number of carbonyl (C=O) groups is 2. The van der Waals surface area contributed by atoms with Crippen LogP contribution in [-0.4, -0.2) is 46.3 Å². The fourth-order valence-corrected chi connectivity index (χ4v) is 3.34. The maximum atomic E-state index is 12.4. The molecule has 0 aliphatic carbocycles. The number of anilines is 1. The van der Waals surface area contributed by atoms with Crippen molar-refractivity contribution >= 4 is 17.6 Å². The largest absolute Gasteiger partial charge is 0.351 e. The number of benzene rings is 1. The Kier molecular flexibility index (Phi) is 6.11. The Morgan fingerprint density at radius 2 is 1.85 bits per heavy atom. The Balaban J connectivity index is 1.37. The van der Waals surface area contributed by atoms with E-state index < -0.39 is 0 Å². The van der Waals surface area contributed by atoms with Gasteiger partial charge in [0.15, 0.2) is 0 Å². The summed E-state index contributed by atoms with van der Waals surface area (Å²) in [5, 5.41) is 9.91. The van der Waals surface area contributed by atoms with Gasteiger partial charge < -0.3 is 15.5 Å². The first kappa shape index (κ1) is 18.9. The maximum absolute atomic E-state index is 12.4. The minimum absolute atomic E-state index is 0.0400. The average Bonchev–Trinajstić information content (AvgIpc) is 3.10. The predicted octanol–water partition coefficient (Wildman–Crippen LogP) is 2.79. The number of amides is 3. The number of carbonyl (C=O) groups excluding carboxylic acids is 2. The van der Waals surface area contributed by atoms with Gasteiger partial charge in [-0.2, -0.15) is 5.10 Å². The number of piperidine rings is 1. The molecule has 3 amide bonds. The van der Waals surface area contributed by atoms with Crippen LogP contribution in [-0.2, 0) is 7.05 Å². The van der Waals surface area contributed by atoms with Gasteiger partial charge in [0.05, 0.1) is 0 Å². The standard InChI is InChI=1S/C20H27N5O2/c1-15-3-5-17(6-4-15)23-20(27)25-13-9-16(10-14-25)7-11-21-19(26)18-8-12-22-24(18)2/h3-6,8,12,16H,7,9-11,13-14H2,1-2H3,(H,21,26)(H,23,27). The maximum Gasteiger partial charge on any atom is 0.321 e. The van der Waals surface area contributed by atoms with Crippen molar-refractivity contribution in [2.24, 2.45) is 13.0 Å². The summed E-state index contributed by atoms with van der Waals surface area (Å²) < 4.78 is 1.57. The van der Waals surface area contributed by atoms with Crippen molar-refractivity contribution in [3.8, 4) is 0 Å². The van der Waals surface area contributed by atoms with E-state index in [2.05, 4.69) is 15.7 Å². The summed E-state index contributed by atoms with van der Waals surface area (Å²) in [7, 11) is 1.76. The van der Waals surface area contributed by atoms with Crippen molar-refractivity contribution < 1.29 is 9.59 Å². The number of nitrogens with zero attached hydrogens (tertiary/aromatic N) is 3. The lowest BCUT2D eigenvalue weighted by Gasteiger charge is -2.32. The molecule has 1 fully saturated rings. The Morgan fingerprint density at radius 3 is 2.48 bits per heavy atom. The van der Waals surface area contributed by atoms with E-state index in [9.17, 15) is 9.59 Å². The molecule has 1 aliphatic heterocycles. The van der Waals surface area contributed by atoms with E-state index in [4.69, 9.17) is 0 Å². The molecule has 2 heterocycles. The molecule has 27 heavy (non-hydrogen) atoms. The zero-order valence-corrected chi connectivity index (χ0v) is 15.9. The number of hydrogen-bond acceptors (Lipinski definition) is 3. The van der Waals surface area contributed by atoms with Crippen LogP contribution >= 0.6 is 0 Å². The van der Waals surface area contributed by atoms with Crippen molar-refractivity contribution in [1.29, 1.82) is 0 Å². The minimum Gasteiger partial charge on any atom is -0.351 e. The molecule has 1 aromatic carbocycles. The highest BCUT2D eigenvalue weighted by Gasteiger charge is 2.23. The zero-order chi connectivity index (χ0) is 19.2. The van der Waals surface area contributed by atoms with Crippen LogP contribution in [0.3, 0.4) is 0 Å². The van der Waals surface area contributed by atoms with Gasteiger partial charge in [0.1, 0.15) is 5.69 Å². The van der Waals surface area contributed by atoms with Crippen molar-refractivity contribution in [1.82, 2.24) is 20.0 Å². The molecule has 3 rings (SSSR count). The van der Waals surface area contributed by atoms with Gasteiger partial charge in [-0.05, 0) is 50.3 Å². The number of likely N-dealkylation sites (tertiary alicyclic amines) is 1. The lowest BCUT2D eigenvalue weighted by molar-refractivity contribution is 0.0940. The average molecular weight is 369 g/mol. The normalized spacial score (nSPS) is 14.8. The van der Waals surface area contributed by atoms with E-state index in [1.807, 2.05) is 36.1 Å². The molecule has 0 spiro atoms. The summed E-state index contributed by atoms with van der Waals surface area (Å²) in [5.74, 6) is 0.435. The molecule has 0 atom stereocenters. The second-order valence-electron chi connectivity index (χ2n) is 7.11. The summed E-state index contributed by atoms with van der Waals surface area (Å²) in [5.41, 5.74) is 2.56. The summed E-state index contributed by atoms with van der Waals surface area (Å²) in [4.78, 5) is 26.3. The van der Waals surface area contributed by atoms with Crippen molar-refractivity contribution in [3.05, 3.63) is 47.8 Å². The van der Waals surface area contributed by atoms with Crippen LogP contribution in [0.1, 0.15) is 35.3 Å². The number of hydrogen-bond donors (Lipinski definition) is 2. The van der Waals surface area contributed by atoms with Crippen LogP contribution < -0.4 is 10.6 Å². The molecule has 7 nitrogen and oxygen atoms in total. The van der Waals surface area contributed by atoms with Gasteiger partial charge in [-0.25, -0.2) is 4.79 Å². The lowest BCUT2D eigenvalue weighted by Crippen LogP contribution is -2.41. The molecule has 0 saturated carbocycles. The molecule has 0 unspecified atom stereocenters. The highest BCUT2D eigenvalue weighted by atomic mass is 16.2. The van der Waals surface area contributed by atoms with E-state index in [1.54, 1.807) is 24.0 Å². The monoisotopic (exact) mass is 369 g/mol. The van der Waals surface area contributed by atoms with Crippen molar-refractivity contribution in [2.45, 2.75) is 26.2 Å². The van der Waals surface area contributed by atoms with Crippen molar-refractivity contribution in [2.75, 3.05) is 25.0 Å². The number of nitrogens with one attached hydrogen (secondary N) is 2. The van der Waals surface area contributed by atoms with Crippen LogP contribution in [0.2, 0.25) is 0 Å². The molecule has 2 aromatic rings. The highest BCUT2D eigenvalue weighted by Crippen LogP contribution is 2.21. The number of rotatable bonds is 5. The molecule has 1 aliphatic rings. The second-order valence-corrected chi connectivity index (χ2v) is 7.11. The molecule has 2 N–H and O–H groups in total. The number of urea groups is 1. The summed E-state index contributed by atoms with van der Waals surface area (Å²) in [6.45, 7) is 4.16. The summed E-state index contributed by atoms with van der Waals surface area (Å²) >= 11 is 0. The Morgan fingerprint density at radius 1 is 1.15 bits per heavy atom. The van der Waals surface area contributed by atoms with Crippen LogP contribution in [0.4, 0.5) is 10.5 Å². The van der Waals surface area contributed by atoms with E-state index in [0.29, 0.717) is 18.2 Å². The van der Waals surface area contributed by atoms with Crippen LogP contribution in [0.25, 0.3) is 0 Å². The van der Waals surface area contributed by atoms with Gasteiger partial charge in [0.25, 0.3) is 5.91 Å². The molecule has 1 aromatic heterocycles. The van der Waals surface area contributed by atoms with Crippen LogP contribution in [0.15, 0.2) is 36.5 Å². The fraction of sp³-hybridized carbons (Fsp3) is 0.450. The predicted molar refractivity (Wildman–Crippen MR) is 105 cm³/mol. The van der Waals surface area contributed by atoms with Crippen LogP contribution in [0, 0.1) is 12.8 Å².